The van der Waals surface area contributed by atoms with E-state index in [1.807, 2.05) is 0 Å². The molecule has 0 aliphatic rings. The molecule has 0 fully saturated rings. The normalized spacial score (nSPS) is 9.85. The first kappa shape index (κ1) is 27.1. The van der Waals surface area contributed by atoms with Crippen LogP contribution in [0.3, 0.4) is 0 Å². The second-order valence-electron chi connectivity index (χ2n) is 0.759. The van der Waals surface area contributed by atoms with Crippen molar-refractivity contribution in [3.63, 3.8) is 0 Å². The number of carbonyl (C=O) groups excluding carboxylic acids is 1. The molecule has 0 saturated heterocycles. The van der Waals surface area contributed by atoms with E-state index in [2.05, 4.69) is 13.8 Å². The molecule has 0 amide bonds. The van der Waals surface area contributed by atoms with Crippen LogP contribution in [0.15, 0.2) is 0 Å². The number of carbonyl (C=O) groups is 1. The Balaban J connectivity index is -0.0000000720. The molecule has 0 rings (SSSR count). The van der Waals surface area contributed by atoms with Crippen molar-refractivity contribution < 1.29 is 134 Å². The smallest absolute Gasteiger partial charge is 1.00 e. The third-order valence-corrected chi connectivity index (χ3v) is 7.03. The van der Waals surface area contributed by atoms with Crippen molar-refractivity contribution in [2.45, 2.75) is 0 Å². The topological polar surface area (TPSA) is 46.5 Å². The van der Waals surface area contributed by atoms with Crippen LogP contribution in [0.2, 0.25) is 0 Å². The van der Waals surface area contributed by atoms with Gasteiger partial charge in [0.1, 0.15) is 0 Å². The standard InChI is InChI=1S/CH4O3P4.2ClH.2K.Pd/c2-1(4-3)6-8-7-5;;;;;/h3,5-7H;2*1H;;;/q-2;;;2*+1;+2/p-2. The first-order valence-electron chi connectivity index (χ1n) is 1.78. The maximum atomic E-state index is 10.1. The Kier molecular flexibility index (Phi) is 54.7. The zero-order valence-corrected chi connectivity index (χ0v) is 20.0. The number of hydrogen-bond donors (Lipinski definition) is 1. The van der Waals surface area contributed by atoms with Crippen molar-refractivity contribution in [2.75, 3.05) is 0 Å². The van der Waals surface area contributed by atoms with Crippen LogP contribution in [-0.2, 0) is 20.8 Å². The second-order valence-corrected chi connectivity index (χ2v) is 10.2. The van der Waals surface area contributed by atoms with Gasteiger partial charge in [-0.1, -0.05) is 0 Å². The van der Waals surface area contributed by atoms with E-state index in [0.717, 1.165) is 7.96 Å². The van der Waals surface area contributed by atoms with Gasteiger partial charge in [-0.2, -0.15) is 13.5 Å². The van der Waals surface area contributed by atoms with Crippen molar-refractivity contribution >= 4 is 57.9 Å². The fourth-order valence-electron chi connectivity index (χ4n) is 0.0940. The first-order chi connectivity index (χ1) is 5.22. The maximum Gasteiger partial charge on any atom is 1.00 e. The van der Waals surface area contributed by atoms with Crippen LogP contribution in [0.1, 0.15) is 0 Å². The quantitative estimate of drug-likeness (QED) is 0.242. The van der Waals surface area contributed by atoms with Gasteiger partial charge < -0.3 is 24.8 Å². The molecule has 0 bridgehead atoms. The van der Waals surface area contributed by atoms with Gasteiger partial charge in [0.15, 0.2) is 0 Å². The average molecular weight is 443 g/mol. The predicted octanol–water partition coefficient (Wildman–Crippen LogP) is -1.83. The summed E-state index contributed by atoms with van der Waals surface area (Å²) >= 11 is -0.106. The Labute approximate surface area is 186 Å². The summed E-state index contributed by atoms with van der Waals surface area (Å²) in [4.78, 5) is 13.5. The Bertz CT molecular complexity index is 103. The van der Waals surface area contributed by atoms with Crippen molar-refractivity contribution in [2.24, 2.45) is 0 Å². The summed E-state index contributed by atoms with van der Waals surface area (Å²) in [6.45, 7) is 0. The summed E-state index contributed by atoms with van der Waals surface area (Å²) in [5.41, 5.74) is -0.558. The van der Waals surface area contributed by atoms with Gasteiger partial charge in [-0.05, 0) is 0 Å². The molecule has 0 aromatic rings. The van der Waals surface area contributed by atoms with Gasteiger partial charge in [-0.25, -0.2) is 4.79 Å². The number of hydrogen-bond acceptors (Lipinski definition) is 3. The Hall–Kier alpha value is 5.67. The van der Waals surface area contributed by atoms with E-state index in [4.69, 9.17) is 24.3 Å². The summed E-state index contributed by atoms with van der Waals surface area (Å²) in [6.07, 6.45) is 0. The van der Waals surface area contributed by atoms with Crippen LogP contribution in [-0.4, -0.2) is 11.0 Å². The first-order valence-corrected chi connectivity index (χ1v) is 11.9. The summed E-state index contributed by atoms with van der Waals surface area (Å²) in [5, 5.41) is 7.70. The van der Waals surface area contributed by atoms with E-state index in [1.54, 1.807) is 0 Å². The average Bonchev–Trinajstić information content (AvgIpc) is 2.02. The zero-order valence-electron chi connectivity index (χ0n) is 6.78. The number of halogens is 2. The fraction of sp³-hybridized carbons (Fsp3) is 0. The van der Waals surface area contributed by atoms with Crippen molar-refractivity contribution in [1.29, 1.82) is 0 Å². The molecule has 12 heteroatoms. The Morgan fingerprint density at radius 3 is 2.15 bits per heavy atom. The molecular formula is CH4Cl2K2O3P4Pd. The molecule has 13 heavy (non-hydrogen) atoms. The van der Waals surface area contributed by atoms with Gasteiger partial charge >= 0.3 is 143 Å². The molecule has 0 aliphatic carbocycles. The molecule has 0 aliphatic heterocycles. The van der Waals surface area contributed by atoms with E-state index < -0.39 is 5.71 Å². The van der Waals surface area contributed by atoms with Crippen molar-refractivity contribution in [3.8, 4) is 0 Å². The van der Waals surface area contributed by atoms with Crippen LogP contribution in [0.4, 0.5) is 4.79 Å². The predicted molar refractivity (Wildman–Crippen MR) is 52.7 cm³/mol. The van der Waals surface area contributed by atoms with E-state index in [0.29, 0.717) is 7.96 Å². The molecule has 72 valence electrons. The van der Waals surface area contributed by atoms with E-state index in [9.17, 15) is 4.79 Å². The molecule has 1 N–H and O–H groups in total. The van der Waals surface area contributed by atoms with Gasteiger partial charge in [0, 0.05) is 0 Å². The minimum Gasteiger partial charge on any atom is 1.00 e. The van der Waals surface area contributed by atoms with Gasteiger partial charge in [0.05, 0.1) is 0 Å². The van der Waals surface area contributed by atoms with Crippen LogP contribution in [0.5, 0.6) is 0 Å². The SMILES string of the molecule is O=C(OO)P[P-]P[PH-].[Cl][Pd][Cl].[K+].[K+]. The molecule has 0 aromatic heterocycles. The number of rotatable bonds is 3. The molecule has 3 nitrogen and oxygen atoms in total. The Morgan fingerprint density at radius 1 is 1.54 bits per heavy atom. The van der Waals surface area contributed by atoms with E-state index in [-0.39, 0.29) is 127 Å². The largest absolute Gasteiger partial charge is 1.00 e. The molecule has 2 atom stereocenters. The monoisotopic (exact) mass is 442 g/mol. The van der Waals surface area contributed by atoms with Gasteiger partial charge in [-0.15, -0.1) is 0 Å². The molecule has 0 heterocycles. The summed E-state index contributed by atoms with van der Waals surface area (Å²) in [7, 11) is 14.3. The zero-order chi connectivity index (χ0) is 9.11. The maximum absolute atomic E-state index is 10.1. The van der Waals surface area contributed by atoms with Crippen LogP contribution >= 0.6 is 52.2 Å². The van der Waals surface area contributed by atoms with Gasteiger partial charge in [0.25, 0.3) is 0 Å². The molecule has 0 radical (unpaired) electrons. The van der Waals surface area contributed by atoms with E-state index in [1.165, 1.54) is 0 Å². The molecule has 0 saturated carbocycles. The van der Waals surface area contributed by atoms with E-state index >= 15 is 0 Å². The molecule has 2 unspecified atom stereocenters. The summed E-state index contributed by atoms with van der Waals surface area (Å²) in [6, 6.07) is 0. The van der Waals surface area contributed by atoms with Crippen LogP contribution in [0, 0.1) is 0 Å². The third-order valence-electron chi connectivity index (χ3n) is 0.286. The minimum atomic E-state index is -0.558. The Morgan fingerprint density at radius 2 is 1.92 bits per heavy atom. The summed E-state index contributed by atoms with van der Waals surface area (Å²) in [5.74, 6) is 0. The second kappa shape index (κ2) is 26.3. The fourth-order valence-corrected chi connectivity index (χ4v) is 3.68. The van der Waals surface area contributed by atoms with Crippen LogP contribution < -0.4 is 103 Å². The van der Waals surface area contributed by atoms with Crippen molar-refractivity contribution in [1.82, 2.24) is 0 Å². The van der Waals surface area contributed by atoms with Crippen LogP contribution in [0.25, 0.3) is 0 Å². The minimum absolute atomic E-state index is 0. The van der Waals surface area contributed by atoms with Crippen molar-refractivity contribution in [3.05, 3.63) is 0 Å². The molecular weight excluding hydrogens is 439 g/mol. The summed E-state index contributed by atoms with van der Waals surface area (Å²) < 4.78 is 0. The molecule has 0 spiro atoms. The van der Waals surface area contributed by atoms with Gasteiger partial charge in [0.2, 0.25) is 0 Å². The molecule has 0 aromatic carbocycles. The third kappa shape index (κ3) is 31.9. The van der Waals surface area contributed by atoms with Gasteiger partial charge in [-0.3, -0.25) is 4.89 Å².